The molecule has 0 spiro atoms. The molecule has 1 heterocycles. The monoisotopic (exact) mass is 274 g/mol. The molecule has 1 aliphatic heterocycles. The molecule has 0 bridgehead atoms. The van der Waals surface area contributed by atoms with Crippen molar-refractivity contribution in [3.63, 3.8) is 0 Å². The molecule has 3 nitrogen and oxygen atoms in total. The van der Waals surface area contributed by atoms with E-state index in [9.17, 15) is 0 Å². The van der Waals surface area contributed by atoms with Crippen LogP contribution < -0.4 is 10.5 Å². The molecule has 3 heteroatoms. The summed E-state index contributed by atoms with van der Waals surface area (Å²) in [6, 6.07) is 10.00. The standard InChI is InChI=1S/C17H26N2O/c1-12(2)20-15-9-5-13(6-10-15)17-16(18)4-3-11-19(17)14-7-8-14/h5-6,9-10,12,14,16-17H,3-4,7-8,11,18H2,1-2H3. The molecule has 0 radical (unpaired) electrons. The minimum atomic E-state index is 0.223. The molecule has 0 aromatic heterocycles. The van der Waals surface area contributed by atoms with E-state index in [1.54, 1.807) is 0 Å². The zero-order valence-electron chi connectivity index (χ0n) is 12.6. The highest BCUT2D eigenvalue weighted by Crippen LogP contribution is 2.39. The van der Waals surface area contributed by atoms with Crippen molar-refractivity contribution in [1.82, 2.24) is 4.90 Å². The summed E-state index contributed by atoms with van der Waals surface area (Å²) < 4.78 is 5.73. The number of benzene rings is 1. The molecule has 1 saturated carbocycles. The van der Waals surface area contributed by atoms with Crippen LogP contribution >= 0.6 is 0 Å². The van der Waals surface area contributed by atoms with Crippen molar-refractivity contribution in [2.45, 2.75) is 63.8 Å². The average Bonchev–Trinajstić information content (AvgIpc) is 3.23. The van der Waals surface area contributed by atoms with Gasteiger partial charge in [-0.15, -0.1) is 0 Å². The molecule has 1 aromatic rings. The van der Waals surface area contributed by atoms with Gasteiger partial charge in [-0.1, -0.05) is 12.1 Å². The lowest BCUT2D eigenvalue weighted by Gasteiger charge is -2.40. The summed E-state index contributed by atoms with van der Waals surface area (Å²) in [6.07, 6.45) is 5.29. The second-order valence-corrected chi connectivity index (χ2v) is 6.46. The fourth-order valence-electron chi connectivity index (χ4n) is 3.32. The second-order valence-electron chi connectivity index (χ2n) is 6.46. The van der Waals surface area contributed by atoms with Crippen LogP contribution in [-0.2, 0) is 0 Å². The van der Waals surface area contributed by atoms with E-state index in [1.165, 1.54) is 31.4 Å². The molecule has 2 N–H and O–H groups in total. The van der Waals surface area contributed by atoms with Crippen molar-refractivity contribution in [3.8, 4) is 5.75 Å². The van der Waals surface area contributed by atoms with Gasteiger partial charge in [0.15, 0.2) is 0 Å². The SMILES string of the molecule is CC(C)Oc1ccc(C2C(N)CCCN2C2CC2)cc1. The highest BCUT2D eigenvalue weighted by Gasteiger charge is 2.39. The Labute approximate surface area is 122 Å². The van der Waals surface area contributed by atoms with E-state index in [1.807, 2.05) is 0 Å². The third kappa shape index (κ3) is 2.99. The Kier molecular flexibility index (Phi) is 3.99. The Hall–Kier alpha value is -1.06. The van der Waals surface area contributed by atoms with Crippen molar-refractivity contribution in [3.05, 3.63) is 29.8 Å². The van der Waals surface area contributed by atoms with Crippen molar-refractivity contribution >= 4 is 0 Å². The third-order valence-corrected chi connectivity index (χ3v) is 4.33. The number of hydrogen-bond donors (Lipinski definition) is 1. The smallest absolute Gasteiger partial charge is 0.119 e. The maximum Gasteiger partial charge on any atom is 0.119 e. The number of likely N-dealkylation sites (tertiary alicyclic amines) is 1. The van der Waals surface area contributed by atoms with E-state index in [2.05, 4.69) is 43.0 Å². The van der Waals surface area contributed by atoms with Gasteiger partial charge in [-0.05, 0) is 63.8 Å². The Balaban J connectivity index is 1.78. The van der Waals surface area contributed by atoms with Gasteiger partial charge in [0, 0.05) is 12.1 Å². The average molecular weight is 274 g/mol. The van der Waals surface area contributed by atoms with Crippen molar-refractivity contribution in [1.29, 1.82) is 0 Å². The van der Waals surface area contributed by atoms with Crippen LogP contribution in [0.4, 0.5) is 0 Å². The molecular weight excluding hydrogens is 248 g/mol. The number of rotatable bonds is 4. The van der Waals surface area contributed by atoms with Gasteiger partial charge in [-0.25, -0.2) is 0 Å². The highest BCUT2D eigenvalue weighted by atomic mass is 16.5. The van der Waals surface area contributed by atoms with Gasteiger partial charge in [-0.2, -0.15) is 0 Å². The Morgan fingerprint density at radius 2 is 1.85 bits per heavy atom. The summed E-state index contributed by atoms with van der Waals surface area (Å²) in [6.45, 7) is 5.31. The van der Waals surface area contributed by atoms with E-state index in [-0.39, 0.29) is 12.1 Å². The lowest BCUT2D eigenvalue weighted by atomic mass is 9.90. The first-order valence-electron chi connectivity index (χ1n) is 7.93. The van der Waals surface area contributed by atoms with Crippen LogP contribution in [0.5, 0.6) is 5.75 Å². The normalized spacial score (nSPS) is 27.8. The van der Waals surface area contributed by atoms with Crippen LogP contribution in [0, 0.1) is 0 Å². The number of ether oxygens (including phenoxy) is 1. The number of nitrogens with zero attached hydrogens (tertiary/aromatic N) is 1. The van der Waals surface area contributed by atoms with E-state index in [0.29, 0.717) is 6.04 Å². The predicted octanol–water partition coefficient (Wildman–Crippen LogP) is 3.10. The summed E-state index contributed by atoms with van der Waals surface area (Å²) in [7, 11) is 0. The summed E-state index contributed by atoms with van der Waals surface area (Å²) in [5.41, 5.74) is 7.76. The summed E-state index contributed by atoms with van der Waals surface area (Å²) in [5.74, 6) is 0.950. The van der Waals surface area contributed by atoms with Gasteiger partial charge >= 0.3 is 0 Å². The van der Waals surface area contributed by atoms with Gasteiger partial charge in [-0.3, -0.25) is 4.90 Å². The summed E-state index contributed by atoms with van der Waals surface area (Å²) >= 11 is 0. The van der Waals surface area contributed by atoms with Crippen LogP contribution in [0.1, 0.15) is 51.1 Å². The first-order valence-corrected chi connectivity index (χ1v) is 7.93. The maximum absolute atomic E-state index is 6.41. The molecule has 0 amide bonds. The first kappa shape index (κ1) is 13.9. The Morgan fingerprint density at radius 1 is 1.15 bits per heavy atom. The minimum Gasteiger partial charge on any atom is -0.491 e. The van der Waals surface area contributed by atoms with Crippen molar-refractivity contribution in [2.24, 2.45) is 5.73 Å². The Morgan fingerprint density at radius 3 is 2.45 bits per heavy atom. The Bertz CT molecular complexity index is 439. The fraction of sp³-hybridized carbons (Fsp3) is 0.647. The molecule has 1 saturated heterocycles. The summed E-state index contributed by atoms with van der Waals surface area (Å²) in [4.78, 5) is 2.63. The van der Waals surface area contributed by atoms with Crippen molar-refractivity contribution < 1.29 is 4.74 Å². The molecule has 2 unspecified atom stereocenters. The van der Waals surface area contributed by atoms with Gasteiger partial charge in [0.05, 0.1) is 12.1 Å². The van der Waals surface area contributed by atoms with Gasteiger partial charge in [0.25, 0.3) is 0 Å². The van der Waals surface area contributed by atoms with E-state index < -0.39 is 0 Å². The first-order chi connectivity index (χ1) is 9.65. The third-order valence-electron chi connectivity index (χ3n) is 4.33. The van der Waals surface area contributed by atoms with Gasteiger partial charge < -0.3 is 10.5 Å². The maximum atomic E-state index is 6.41. The predicted molar refractivity (Wildman–Crippen MR) is 81.9 cm³/mol. The van der Waals surface area contributed by atoms with Crippen LogP contribution in [-0.4, -0.2) is 29.6 Å². The largest absolute Gasteiger partial charge is 0.491 e. The number of piperidine rings is 1. The van der Waals surface area contributed by atoms with Crippen LogP contribution in [0.3, 0.4) is 0 Å². The molecule has 110 valence electrons. The number of hydrogen-bond acceptors (Lipinski definition) is 3. The van der Waals surface area contributed by atoms with E-state index >= 15 is 0 Å². The molecule has 3 rings (SSSR count). The molecule has 2 fully saturated rings. The molecule has 2 aliphatic rings. The topological polar surface area (TPSA) is 38.5 Å². The highest BCUT2D eigenvalue weighted by molar-refractivity contribution is 5.30. The van der Waals surface area contributed by atoms with Gasteiger partial charge in [0.1, 0.15) is 5.75 Å². The van der Waals surface area contributed by atoms with Crippen LogP contribution in [0.2, 0.25) is 0 Å². The zero-order valence-corrected chi connectivity index (χ0v) is 12.6. The van der Waals surface area contributed by atoms with Crippen LogP contribution in [0.15, 0.2) is 24.3 Å². The van der Waals surface area contributed by atoms with E-state index in [4.69, 9.17) is 10.5 Å². The lowest BCUT2D eigenvalue weighted by molar-refractivity contribution is 0.119. The zero-order chi connectivity index (χ0) is 14.1. The second kappa shape index (κ2) is 5.74. The minimum absolute atomic E-state index is 0.223. The van der Waals surface area contributed by atoms with Crippen LogP contribution in [0.25, 0.3) is 0 Å². The molecule has 20 heavy (non-hydrogen) atoms. The number of nitrogens with two attached hydrogens (primary N) is 1. The van der Waals surface area contributed by atoms with Crippen molar-refractivity contribution in [2.75, 3.05) is 6.54 Å². The molecular formula is C17H26N2O. The molecule has 1 aromatic carbocycles. The molecule has 1 aliphatic carbocycles. The molecule has 2 atom stereocenters. The quantitative estimate of drug-likeness (QED) is 0.917. The summed E-state index contributed by atoms with van der Waals surface area (Å²) in [5, 5.41) is 0. The van der Waals surface area contributed by atoms with Gasteiger partial charge in [0.2, 0.25) is 0 Å². The van der Waals surface area contributed by atoms with E-state index in [0.717, 1.165) is 18.2 Å². The fourth-order valence-corrected chi connectivity index (χ4v) is 3.32. The lowest BCUT2D eigenvalue weighted by Crippen LogP contribution is -2.46.